The van der Waals surface area contributed by atoms with E-state index in [2.05, 4.69) is 42.8 Å². The van der Waals surface area contributed by atoms with Gasteiger partial charge in [0.2, 0.25) is 5.95 Å². The number of thiol groups is 1. The molecule has 0 bridgehead atoms. The lowest BCUT2D eigenvalue weighted by Gasteiger charge is -2.09. The van der Waals surface area contributed by atoms with E-state index in [4.69, 9.17) is 11.6 Å². The highest BCUT2D eigenvalue weighted by Gasteiger charge is 2.21. The lowest BCUT2D eigenvalue weighted by Crippen LogP contribution is -2.15. The molecule has 148 valence electrons. The number of aryl methyl sites for hydroxylation is 1. The Balaban J connectivity index is 1.55. The van der Waals surface area contributed by atoms with Gasteiger partial charge in [-0.2, -0.15) is 4.98 Å². The molecule has 4 rings (SSSR count). The van der Waals surface area contributed by atoms with Crippen molar-refractivity contribution in [1.29, 1.82) is 0 Å². The number of fused-ring (bicyclic) bond motifs is 1. The molecule has 2 heterocycles. The summed E-state index contributed by atoms with van der Waals surface area (Å²) in [6.07, 6.45) is 3.48. The van der Waals surface area contributed by atoms with Crippen molar-refractivity contribution in [3.63, 3.8) is 0 Å². The molecule has 0 radical (unpaired) electrons. The zero-order chi connectivity index (χ0) is 20.6. The third-order valence-electron chi connectivity index (χ3n) is 4.14. The largest absolute Gasteiger partial charge is 0.324 e. The topological polar surface area (TPSA) is 113 Å². The van der Waals surface area contributed by atoms with Gasteiger partial charge >= 0.3 is 0 Å². The maximum absolute atomic E-state index is 12.7. The van der Waals surface area contributed by atoms with E-state index in [1.807, 2.05) is 24.3 Å². The molecule has 0 aliphatic carbocycles. The summed E-state index contributed by atoms with van der Waals surface area (Å²) in [5.41, 5.74) is 1.38. The van der Waals surface area contributed by atoms with Gasteiger partial charge in [0.15, 0.2) is 0 Å². The van der Waals surface area contributed by atoms with Gasteiger partial charge in [-0.1, -0.05) is 17.7 Å². The van der Waals surface area contributed by atoms with E-state index < -0.39 is 10.0 Å². The van der Waals surface area contributed by atoms with Crippen LogP contribution in [0.25, 0.3) is 10.8 Å². The van der Waals surface area contributed by atoms with Crippen LogP contribution in [-0.4, -0.2) is 28.6 Å². The Kier molecular flexibility index (Phi) is 5.07. The van der Waals surface area contributed by atoms with Crippen LogP contribution in [0.4, 0.5) is 17.6 Å². The first-order valence-corrected chi connectivity index (χ1v) is 10.7. The molecular formula is C18H15ClN6O2S2. The van der Waals surface area contributed by atoms with Crippen LogP contribution in [0.1, 0.15) is 5.56 Å². The SMILES string of the molecule is Cc1cc(S(=O)(=O)Nc2n[nH]c(Nc3ccc4cnccc4c3)n2)c(S)cc1Cl. The number of nitrogens with one attached hydrogen (secondary N) is 3. The number of nitrogens with zero attached hydrogens (tertiary/aromatic N) is 3. The number of aromatic amines is 1. The molecule has 4 aromatic rings. The maximum atomic E-state index is 12.7. The molecule has 0 aliphatic rings. The first kappa shape index (κ1) is 19.5. The van der Waals surface area contributed by atoms with Gasteiger partial charge in [-0.15, -0.1) is 17.7 Å². The van der Waals surface area contributed by atoms with Gasteiger partial charge < -0.3 is 5.32 Å². The summed E-state index contributed by atoms with van der Waals surface area (Å²) in [5, 5.41) is 12.1. The van der Waals surface area contributed by atoms with Crippen molar-refractivity contribution in [2.75, 3.05) is 10.0 Å². The molecule has 2 aromatic carbocycles. The molecule has 11 heteroatoms. The minimum absolute atomic E-state index is 0.00909. The molecule has 29 heavy (non-hydrogen) atoms. The summed E-state index contributed by atoms with van der Waals surface area (Å²) in [5.74, 6) is 0.187. The highest BCUT2D eigenvalue weighted by atomic mass is 35.5. The smallest absolute Gasteiger partial charge is 0.265 e. The van der Waals surface area contributed by atoms with Gasteiger partial charge in [-0.05, 0) is 48.2 Å². The molecule has 0 spiro atoms. The second-order valence-corrected chi connectivity index (χ2v) is 8.78. The van der Waals surface area contributed by atoms with Crippen LogP contribution in [0.15, 0.2) is 58.6 Å². The average molecular weight is 447 g/mol. The monoisotopic (exact) mass is 446 g/mol. The van der Waals surface area contributed by atoms with E-state index in [1.54, 1.807) is 19.3 Å². The summed E-state index contributed by atoms with van der Waals surface area (Å²) in [6, 6.07) is 10.5. The summed E-state index contributed by atoms with van der Waals surface area (Å²) in [4.78, 5) is 8.43. The quantitative estimate of drug-likeness (QED) is 0.342. The zero-order valence-corrected chi connectivity index (χ0v) is 17.5. The maximum Gasteiger partial charge on any atom is 0.265 e. The normalized spacial score (nSPS) is 11.6. The number of aromatic nitrogens is 4. The van der Waals surface area contributed by atoms with Crippen molar-refractivity contribution in [2.24, 2.45) is 0 Å². The van der Waals surface area contributed by atoms with E-state index in [0.29, 0.717) is 10.6 Å². The predicted molar refractivity (Wildman–Crippen MR) is 116 cm³/mol. The van der Waals surface area contributed by atoms with Crippen LogP contribution in [0.3, 0.4) is 0 Å². The summed E-state index contributed by atoms with van der Waals surface area (Å²) in [7, 11) is -3.94. The van der Waals surface area contributed by atoms with Gasteiger partial charge in [-0.3, -0.25) is 4.98 Å². The molecule has 0 aliphatic heterocycles. The highest BCUT2D eigenvalue weighted by Crippen LogP contribution is 2.28. The number of anilines is 3. The van der Waals surface area contributed by atoms with Gasteiger partial charge in [-0.25, -0.2) is 18.2 Å². The standard InChI is InChI=1S/C18H15ClN6O2S2/c1-10-6-16(15(28)8-14(10)19)29(26,27)25-18-22-17(23-24-18)21-13-3-2-12-9-20-5-4-11(12)7-13/h2-9,28H,1H3,(H3,21,22,23,24,25). The van der Waals surface area contributed by atoms with Crippen LogP contribution in [0.5, 0.6) is 0 Å². The van der Waals surface area contributed by atoms with Crippen LogP contribution >= 0.6 is 24.2 Å². The Morgan fingerprint density at radius 3 is 2.79 bits per heavy atom. The van der Waals surface area contributed by atoms with Crippen LogP contribution in [0.2, 0.25) is 5.02 Å². The van der Waals surface area contributed by atoms with Crippen molar-refractivity contribution >= 4 is 62.6 Å². The lowest BCUT2D eigenvalue weighted by atomic mass is 10.1. The molecule has 0 fully saturated rings. The van der Waals surface area contributed by atoms with Crippen LogP contribution in [-0.2, 0) is 10.0 Å². The molecule has 0 atom stereocenters. The Morgan fingerprint density at radius 1 is 1.14 bits per heavy atom. The zero-order valence-electron chi connectivity index (χ0n) is 15.0. The molecule has 0 saturated carbocycles. The Labute approximate surface area is 177 Å². The molecule has 3 N–H and O–H groups in total. The van der Waals surface area contributed by atoms with E-state index in [1.165, 1.54) is 12.1 Å². The summed E-state index contributed by atoms with van der Waals surface area (Å²) in [6.45, 7) is 1.71. The van der Waals surface area contributed by atoms with Gasteiger partial charge in [0.25, 0.3) is 16.0 Å². The van der Waals surface area contributed by atoms with Crippen molar-refractivity contribution in [3.05, 3.63) is 59.4 Å². The Bertz CT molecular complexity index is 1320. The highest BCUT2D eigenvalue weighted by molar-refractivity contribution is 7.93. The number of hydrogen-bond acceptors (Lipinski definition) is 7. The van der Waals surface area contributed by atoms with E-state index in [-0.39, 0.29) is 21.7 Å². The number of rotatable bonds is 5. The minimum Gasteiger partial charge on any atom is -0.324 e. The average Bonchev–Trinajstić information content (AvgIpc) is 3.10. The third-order valence-corrected chi connectivity index (χ3v) is 6.44. The number of H-pyrrole nitrogens is 1. The summed E-state index contributed by atoms with van der Waals surface area (Å²) < 4.78 is 27.7. The Morgan fingerprint density at radius 2 is 1.97 bits per heavy atom. The van der Waals surface area contributed by atoms with Crippen molar-refractivity contribution < 1.29 is 8.42 Å². The van der Waals surface area contributed by atoms with Crippen LogP contribution in [0, 0.1) is 6.92 Å². The third kappa shape index (κ3) is 4.14. The first-order valence-electron chi connectivity index (χ1n) is 8.37. The van der Waals surface area contributed by atoms with Crippen LogP contribution < -0.4 is 10.0 Å². The second-order valence-electron chi connectivity index (χ2n) is 6.24. The predicted octanol–water partition coefficient (Wildman–Crippen LogP) is 4.15. The fraction of sp³-hybridized carbons (Fsp3) is 0.0556. The molecule has 2 aromatic heterocycles. The van der Waals surface area contributed by atoms with E-state index >= 15 is 0 Å². The van der Waals surface area contributed by atoms with E-state index in [0.717, 1.165) is 16.5 Å². The Hall–Kier alpha value is -2.82. The van der Waals surface area contributed by atoms with E-state index in [9.17, 15) is 8.42 Å². The molecule has 0 unspecified atom stereocenters. The fourth-order valence-corrected chi connectivity index (χ4v) is 4.60. The minimum atomic E-state index is -3.94. The van der Waals surface area contributed by atoms with Crippen molar-refractivity contribution in [3.8, 4) is 0 Å². The number of pyridine rings is 1. The lowest BCUT2D eigenvalue weighted by molar-refractivity contribution is 0.599. The van der Waals surface area contributed by atoms with Gasteiger partial charge in [0, 0.05) is 33.4 Å². The van der Waals surface area contributed by atoms with Gasteiger partial charge in [0.1, 0.15) is 4.90 Å². The fourth-order valence-electron chi connectivity index (χ4n) is 2.70. The van der Waals surface area contributed by atoms with Crippen molar-refractivity contribution in [1.82, 2.24) is 20.2 Å². The molecule has 0 amide bonds. The number of sulfonamides is 1. The van der Waals surface area contributed by atoms with Gasteiger partial charge in [0.05, 0.1) is 0 Å². The van der Waals surface area contributed by atoms with Crippen molar-refractivity contribution in [2.45, 2.75) is 16.7 Å². The number of benzene rings is 2. The molecule has 8 nitrogen and oxygen atoms in total. The second kappa shape index (κ2) is 7.54. The first-order chi connectivity index (χ1) is 13.8. The summed E-state index contributed by atoms with van der Waals surface area (Å²) >= 11 is 10.2. The number of halogens is 1. The number of hydrogen-bond donors (Lipinski definition) is 4. The molecule has 0 saturated heterocycles. The molecular weight excluding hydrogens is 432 g/mol.